The van der Waals surface area contributed by atoms with Crippen LogP contribution < -0.4 is 4.90 Å². The highest BCUT2D eigenvalue weighted by molar-refractivity contribution is 5.79. The maximum Gasteiger partial charge on any atom is 0.228 e. The lowest BCUT2D eigenvalue weighted by molar-refractivity contribution is -0.144. The van der Waals surface area contributed by atoms with Crippen molar-refractivity contribution in [2.24, 2.45) is 5.92 Å². The van der Waals surface area contributed by atoms with Crippen molar-refractivity contribution in [2.75, 3.05) is 37.7 Å². The number of carbonyl (C=O) groups excluding carboxylic acids is 1. The fourth-order valence-electron chi connectivity index (χ4n) is 3.46. The second kappa shape index (κ2) is 6.83. The van der Waals surface area contributed by atoms with Crippen molar-refractivity contribution in [3.05, 3.63) is 17.5 Å². The number of aromatic nitrogens is 2. The largest absolute Gasteiger partial charge is 0.378 e. The van der Waals surface area contributed by atoms with Crippen LogP contribution in [0.25, 0.3) is 0 Å². The molecule has 3 heterocycles. The van der Waals surface area contributed by atoms with Crippen LogP contribution in [0.4, 0.5) is 5.95 Å². The van der Waals surface area contributed by atoms with Crippen LogP contribution in [0.3, 0.4) is 0 Å². The molecule has 0 aromatic carbocycles. The Labute approximate surface area is 137 Å². The summed E-state index contributed by atoms with van der Waals surface area (Å²) in [7, 11) is 0. The fourth-order valence-corrected chi connectivity index (χ4v) is 3.46. The van der Waals surface area contributed by atoms with Crippen LogP contribution in [-0.2, 0) is 9.53 Å². The average molecular weight is 318 g/mol. The Balaban J connectivity index is 1.60. The molecule has 1 aromatic rings. The third-order valence-corrected chi connectivity index (χ3v) is 4.77. The van der Waals surface area contributed by atoms with E-state index in [1.165, 1.54) is 0 Å². The Kier molecular flexibility index (Phi) is 4.80. The minimum Gasteiger partial charge on any atom is -0.378 e. The van der Waals surface area contributed by atoms with Crippen LogP contribution >= 0.6 is 0 Å². The summed E-state index contributed by atoms with van der Waals surface area (Å²) in [5.41, 5.74) is 1.97. The first kappa shape index (κ1) is 16.2. The molecule has 2 aliphatic rings. The number of nitrogens with zero attached hydrogens (tertiary/aromatic N) is 4. The van der Waals surface area contributed by atoms with Crippen molar-refractivity contribution in [2.45, 2.75) is 39.7 Å². The molecule has 0 radical (unpaired) electrons. The molecule has 0 unspecified atom stereocenters. The van der Waals surface area contributed by atoms with E-state index in [0.29, 0.717) is 0 Å². The Morgan fingerprint density at radius 2 is 1.83 bits per heavy atom. The second-order valence-electron chi connectivity index (χ2n) is 6.59. The predicted molar refractivity (Wildman–Crippen MR) is 88.4 cm³/mol. The Morgan fingerprint density at radius 3 is 2.43 bits per heavy atom. The molecule has 1 amide bonds. The van der Waals surface area contributed by atoms with E-state index in [0.717, 1.165) is 63.0 Å². The lowest BCUT2D eigenvalue weighted by atomic mass is 9.93. The van der Waals surface area contributed by atoms with Crippen molar-refractivity contribution in [3.8, 4) is 0 Å². The number of hydrogen-bond acceptors (Lipinski definition) is 5. The van der Waals surface area contributed by atoms with Crippen LogP contribution in [0, 0.1) is 19.8 Å². The Hall–Kier alpha value is -1.69. The fraction of sp³-hybridized carbons (Fsp3) is 0.706. The lowest BCUT2D eigenvalue weighted by Crippen LogP contribution is -2.52. The first-order valence-electron chi connectivity index (χ1n) is 8.52. The van der Waals surface area contributed by atoms with Gasteiger partial charge in [-0.15, -0.1) is 0 Å². The molecule has 6 heteroatoms. The molecule has 23 heavy (non-hydrogen) atoms. The summed E-state index contributed by atoms with van der Waals surface area (Å²) in [4.78, 5) is 25.9. The summed E-state index contributed by atoms with van der Waals surface area (Å²) in [5.74, 6) is 1.05. The van der Waals surface area contributed by atoms with Crippen molar-refractivity contribution < 1.29 is 9.53 Å². The third kappa shape index (κ3) is 3.63. The molecule has 0 bridgehead atoms. The lowest BCUT2D eigenvalue weighted by Gasteiger charge is -2.38. The number of hydrogen-bond donors (Lipinski definition) is 0. The smallest absolute Gasteiger partial charge is 0.228 e. The second-order valence-corrected chi connectivity index (χ2v) is 6.59. The highest BCUT2D eigenvalue weighted by atomic mass is 16.5. The zero-order valence-corrected chi connectivity index (χ0v) is 14.3. The standard InChI is InChI=1S/C17H26N4O2/c1-12-11-13(2)19-17(18-12)21-8-6-20(7-9-21)16(22)15-5-4-10-23-14(15)3/h11,14-15H,4-10H2,1-3H3/t14-,15-/m1/s1. The van der Waals surface area contributed by atoms with Gasteiger partial charge in [-0.1, -0.05) is 0 Å². The quantitative estimate of drug-likeness (QED) is 0.828. The summed E-state index contributed by atoms with van der Waals surface area (Å²) in [6, 6.07) is 1.98. The number of carbonyl (C=O) groups is 1. The van der Waals surface area contributed by atoms with Gasteiger partial charge >= 0.3 is 0 Å². The van der Waals surface area contributed by atoms with E-state index in [4.69, 9.17) is 4.74 Å². The van der Waals surface area contributed by atoms with Gasteiger partial charge in [-0.05, 0) is 39.7 Å². The minimum absolute atomic E-state index is 0.0211. The van der Waals surface area contributed by atoms with Gasteiger partial charge in [0.25, 0.3) is 0 Å². The predicted octanol–water partition coefficient (Wildman–Crippen LogP) is 1.56. The number of rotatable bonds is 2. The van der Waals surface area contributed by atoms with Crippen LogP contribution in [0.2, 0.25) is 0 Å². The zero-order chi connectivity index (χ0) is 16.4. The molecule has 3 rings (SSSR count). The highest BCUT2D eigenvalue weighted by Gasteiger charge is 2.33. The van der Waals surface area contributed by atoms with Crippen molar-refractivity contribution in [1.82, 2.24) is 14.9 Å². The van der Waals surface area contributed by atoms with Crippen molar-refractivity contribution in [3.63, 3.8) is 0 Å². The van der Waals surface area contributed by atoms with Crippen LogP contribution in [0.1, 0.15) is 31.2 Å². The number of aryl methyl sites for hydroxylation is 2. The van der Waals surface area contributed by atoms with E-state index in [9.17, 15) is 4.79 Å². The minimum atomic E-state index is 0.0211. The normalized spacial score (nSPS) is 25.5. The van der Waals surface area contributed by atoms with Gasteiger partial charge in [-0.25, -0.2) is 9.97 Å². The number of anilines is 1. The molecule has 0 saturated carbocycles. The van der Waals surface area contributed by atoms with Gasteiger partial charge in [0.2, 0.25) is 11.9 Å². The number of piperazine rings is 1. The summed E-state index contributed by atoms with van der Waals surface area (Å²) in [6.07, 6.45) is 1.97. The van der Waals surface area contributed by atoms with Gasteiger partial charge in [-0.3, -0.25) is 4.79 Å². The maximum absolute atomic E-state index is 12.7. The molecule has 2 saturated heterocycles. The van der Waals surface area contributed by atoms with E-state index < -0.39 is 0 Å². The van der Waals surface area contributed by atoms with E-state index >= 15 is 0 Å². The molecule has 0 aliphatic carbocycles. The summed E-state index contributed by atoms with van der Waals surface area (Å²) < 4.78 is 5.64. The van der Waals surface area contributed by atoms with Gasteiger partial charge < -0.3 is 14.5 Å². The number of ether oxygens (including phenoxy) is 1. The molecular weight excluding hydrogens is 292 g/mol. The van der Waals surface area contributed by atoms with Crippen molar-refractivity contribution in [1.29, 1.82) is 0 Å². The Morgan fingerprint density at radius 1 is 1.17 bits per heavy atom. The molecule has 2 aliphatic heterocycles. The first-order valence-corrected chi connectivity index (χ1v) is 8.52. The Bertz CT molecular complexity index is 549. The number of amides is 1. The summed E-state index contributed by atoms with van der Waals surface area (Å²) >= 11 is 0. The highest BCUT2D eigenvalue weighted by Crippen LogP contribution is 2.23. The average Bonchev–Trinajstić information content (AvgIpc) is 2.54. The topological polar surface area (TPSA) is 58.6 Å². The molecule has 2 fully saturated rings. The zero-order valence-electron chi connectivity index (χ0n) is 14.3. The van der Waals surface area contributed by atoms with E-state index in [-0.39, 0.29) is 17.9 Å². The maximum atomic E-state index is 12.7. The third-order valence-electron chi connectivity index (χ3n) is 4.77. The van der Waals surface area contributed by atoms with Crippen LogP contribution in [0.15, 0.2) is 6.07 Å². The van der Waals surface area contributed by atoms with E-state index in [1.807, 2.05) is 31.7 Å². The SMILES string of the molecule is Cc1cc(C)nc(N2CCN(C(=O)[C@@H]3CCCO[C@@H]3C)CC2)n1. The van der Waals surface area contributed by atoms with Gasteiger partial charge in [0.1, 0.15) is 0 Å². The van der Waals surface area contributed by atoms with Gasteiger partial charge in [0, 0.05) is 44.2 Å². The van der Waals surface area contributed by atoms with Crippen molar-refractivity contribution >= 4 is 11.9 Å². The summed E-state index contributed by atoms with van der Waals surface area (Å²) in [6.45, 7) is 9.82. The molecule has 2 atom stereocenters. The van der Waals surface area contributed by atoms with Crippen LogP contribution in [0.5, 0.6) is 0 Å². The molecular formula is C17H26N4O2. The molecule has 6 nitrogen and oxygen atoms in total. The molecule has 0 spiro atoms. The summed E-state index contributed by atoms with van der Waals surface area (Å²) in [5, 5.41) is 0. The van der Waals surface area contributed by atoms with E-state index in [1.54, 1.807) is 0 Å². The van der Waals surface area contributed by atoms with Gasteiger partial charge in [0.05, 0.1) is 12.0 Å². The van der Waals surface area contributed by atoms with Gasteiger partial charge in [-0.2, -0.15) is 0 Å². The molecule has 1 aromatic heterocycles. The monoisotopic (exact) mass is 318 g/mol. The molecule has 126 valence electrons. The van der Waals surface area contributed by atoms with Gasteiger partial charge in [0.15, 0.2) is 0 Å². The first-order chi connectivity index (χ1) is 11.0. The molecule has 0 N–H and O–H groups in total. The van der Waals surface area contributed by atoms with Crippen LogP contribution in [-0.4, -0.2) is 59.7 Å². The van der Waals surface area contributed by atoms with E-state index in [2.05, 4.69) is 14.9 Å².